The molecule has 0 spiro atoms. The minimum atomic E-state index is -1.07. The zero-order chi connectivity index (χ0) is 12.3. The molecule has 2 saturated heterocycles. The molecule has 2 heterocycles. The van der Waals surface area contributed by atoms with Crippen molar-refractivity contribution in [1.82, 2.24) is 4.90 Å². The topological polar surface area (TPSA) is 46.6 Å². The third-order valence-electron chi connectivity index (χ3n) is 3.62. The molecule has 5 heteroatoms. The number of hydrogen-bond donors (Lipinski definition) is 0. The van der Waals surface area contributed by atoms with Crippen molar-refractivity contribution in [2.45, 2.75) is 44.0 Å². The first-order valence-electron chi connectivity index (χ1n) is 6.45. The number of piperidine rings is 1. The fourth-order valence-electron chi connectivity index (χ4n) is 2.52. The monoisotopic (exact) mass is 259 g/mol. The number of ether oxygens (including phenoxy) is 1. The minimum absolute atomic E-state index is 0.0324. The zero-order valence-corrected chi connectivity index (χ0v) is 11.2. The normalized spacial score (nSPS) is 31.5. The molecule has 0 radical (unpaired) electrons. The number of amides is 1. The molecule has 3 unspecified atom stereocenters. The third-order valence-corrected chi connectivity index (χ3v) is 5.44. The highest BCUT2D eigenvalue weighted by molar-refractivity contribution is 7.86. The molecular weight excluding hydrogens is 238 g/mol. The van der Waals surface area contributed by atoms with Crippen LogP contribution in [0, 0.1) is 0 Å². The molecule has 0 aromatic heterocycles. The molecule has 17 heavy (non-hydrogen) atoms. The standard InChI is InChI=1S/C12H21NO3S/c1-10-11(5-8-16-10)17(15)9-12(14)13-6-3-2-4-7-13/h10-11H,2-9H2,1H3. The van der Waals surface area contributed by atoms with E-state index in [4.69, 9.17) is 4.74 Å². The van der Waals surface area contributed by atoms with Gasteiger partial charge in [-0.3, -0.25) is 9.00 Å². The Hall–Kier alpha value is -0.420. The summed E-state index contributed by atoms with van der Waals surface area (Å²) in [6, 6.07) is 0. The van der Waals surface area contributed by atoms with Gasteiger partial charge in [0.15, 0.2) is 0 Å². The van der Waals surface area contributed by atoms with Crippen molar-refractivity contribution in [3.8, 4) is 0 Å². The molecule has 0 bridgehead atoms. The van der Waals surface area contributed by atoms with Crippen molar-refractivity contribution in [2.75, 3.05) is 25.4 Å². The van der Waals surface area contributed by atoms with Crippen LogP contribution in [0.5, 0.6) is 0 Å². The van der Waals surface area contributed by atoms with Crippen molar-refractivity contribution in [1.29, 1.82) is 0 Å². The largest absolute Gasteiger partial charge is 0.377 e. The van der Waals surface area contributed by atoms with Gasteiger partial charge in [0.1, 0.15) is 5.75 Å². The second-order valence-corrected chi connectivity index (χ2v) is 6.53. The number of likely N-dealkylation sites (tertiary alicyclic amines) is 1. The summed E-state index contributed by atoms with van der Waals surface area (Å²) >= 11 is 0. The summed E-state index contributed by atoms with van der Waals surface area (Å²) in [5.41, 5.74) is 0. The van der Waals surface area contributed by atoms with Crippen LogP contribution < -0.4 is 0 Å². The fraction of sp³-hybridized carbons (Fsp3) is 0.917. The molecule has 98 valence electrons. The van der Waals surface area contributed by atoms with Crippen molar-refractivity contribution in [3.05, 3.63) is 0 Å². The number of rotatable bonds is 3. The van der Waals surface area contributed by atoms with E-state index < -0.39 is 10.8 Å². The molecule has 2 aliphatic heterocycles. The molecule has 2 rings (SSSR count). The number of carbonyl (C=O) groups is 1. The van der Waals surface area contributed by atoms with Gasteiger partial charge in [-0.05, 0) is 32.6 Å². The zero-order valence-electron chi connectivity index (χ0n) is 10.4. The SMILES string of the molecule is CC1OCCC1S(=O)CC(=O)N1CCCCC1. The Balaban J connectivity index is 1.83. The molecule has 2 fully saturated rings. The Morgan fingerprint density at radius 2 is 2.06 bits per heavy atom. The second-order valence-electron chi connectivity index (χ2n) is 4.87. The molecule has 0 aromatic carbocycles. The van der Waals surface area contributed by atoms with Crippen LogP contribution in [-0.4, -0.2) is 51.8 Å². The molecule has 1 amide bonds. The maximum Gasteiger partial charge on any atom is 0.235 e. The predicted octanol–water partition coefficient (Wildman–Crippen LogP) is 0.925. The molecule has 0 aliphatic carbocycles. The lowest BCUT2D eigenvalue weighted by Crippen LogP contribution is -2.40. The molecule has 0 N–H and O–H groups in total. The van der Waals surface area contributed by atoms with E-state index in [0.29, 0.717) is 6.61 Å². The first-order chi connectivity index (χ1) is 8.18. The van der Waals surface area contributed by atoms with Gasteiger partial charge in [-0.15, -0.1) is 0 Å². The van der Waals surface area contributed by atoms with Gasteiger partial charge in [0, 0.05) is 30.5 Å². The van der Waals surface area contributed by atoms with Gasteiger partial charge in [0.25, 0.3) is 0 Å². The highest BCUT2D eigenvalue weighted by atomic mass is 32.2. The lowest BCUT2D eigenvalue weighted by Gasteiger charge is -2.27. The van der Waals surface area contributed by atoms with E-state index in [9.17, 15) is 9.00 Å². The molecule has 4 nitrogen and oxygen atoms in total. The van der Waals surface area contributed by atoms with Crippen LogP contribution in [0.4, 0.5) is 0 Å². The highest BCUT2D eigenvalue weighted by Gasteiger charge is 2.31. The van der Waals surface area contributed by atoms with E-state index in [0.717, 1.165) is 32.4 Å². The van der Waals surface area contributed by atoms with E-state index in [1.54, 1.807) is 0 Å². The van der Waals surface area contributed by atoms with Gasteiger partial charge in [-0.1, -0.05) is 0 Å². The summed E-state index contributed by atoms with van der Waals surface area (Å²) in [5.74, 6) is 0.236. The Labute approximate surface area is 105 Å². The van der Waals surface area contributed by atoms with Crippen molar-refractivity contribution >= 4 is 16.7 Å². The predicted molar refractivity (Wildman–Crippen MR) is 67.3 cm³/mol. The molecule has 2 aliphatic rings. The minimum Gasteiger partial charge on any atom is -0.377 e. The molecule has 0 saturated carbocycles. The second kappa shape index (κ2) is 5.96. The van der Waals surface area contributed by atoms with Crippen LogP contribution in [0.3, 0.4) is 0 Å². The van der Waals surface area contributed by atoms with E-state index in [1.807, 2.05) is 11.8 Å². The maximum absolute atomic E-state index is 12.1. The highest BCUT2D eigenvalue weighted by Crippen LogP contribution is 2.19. The summed E-state index contributed by atoms with van der Waals surface area (Å²) < 4.78 is 17.5. The summed E-state index contributed by atoms with van der Waals surface area (Å²) in [4.78, 5) is 13.8. The number of nitrogens with zero attached hydrogens (tertiary/aromatic N) is 1. The lowest BCUT2D eigenvalue weighted by atomic mass is 10.1. The van der Waals surface area contributed by atoms with Crippen molar-refractivity contribution in [3.63, 3.8) is 0 Å². The first kappa shape index (κ1) is 13.0. The van der Waals surface area contributed by atoms with Crippen LogP contribution in [0.15, 0.2) is 0 Å². The van der Waals surface area contributed by atoms with Crippen LogP contribution in [-0.2, 0) is 20.3 Å². The van der Waals surface area contributed by atoms with E-state index in [1.165, 1.54) is 6.42 Å². The van der Waals surface area contributed by atoms with Crippen molar-refractivity contribution < 1.29 is 13.7 Å². The molecule has 3 atom stereocenters. The average molecular weight is 259 g/mol. The summed E-state index contributed by atoms with van der Waals surface area (Å²) in [7, 11) is -1.07. The van der Waals surface area contributed by atoms with Crippen LogP contribution in [0.2, 0.25) is 0 Å². The quantitative estimate of drug-likeness (QED) is 0.757. The van der Waals surface area contributed by atoms with E-state index >= 15 is 0 Å². The van der Waals surface area contributed by atoms with Gasteiger partial charge >= 0.3 is 0 Å². The third kappa shape index (κ3) is 3.28. The summed E-state index contributed by atoms with van der Waals surface area (Å²) in [5, 5.41) is 0.0451. The Bertz CT molecular complexity index is 302. The van der Waals surface area contributed by atoms with E-state index in [2.05, 4.69) is 0 Å². The fourth-order valence-corrected chi connectivity index (χ4v) is 4.03. The molecular formula is C12H21NO3S. The van der Waals surface area contributed by atoms with Gasteiger partial charge in [0.05, 0.1) is 11.4 Å². The smallest absolute Gasteiger partial charge is 0.235 e. The van der Waals surface area contributed by atoms with Crippen LogP contribution >= 0.6 is 0 Å². The van der Waals surface area contributed by atoms with Gasteiger partial charge in [-0.25, -0.2) is 0 Å². The van der Waals surface area contributed by atoms with Gasteiger partial charge in [-0.2, -0.15) is 0 Å². The number of carbonyl (C=O) groups excluding carboxylic acids is 1. The van der Waals surface area contributed by atoms with Gasteiger partial charge in [0.2, 0.25) is 5.91 Å². The van der Waals surface area contributed by atoms with E-state index in [-0.39, 0.29) is 23.0 Å². The molecule has 0 aromatic rings. The van der Waals surface area contributed by atoms with Crippen LogP contribution in [0.25, 0.3) is 0 Å². The summed E-state index contributed by atoms with van der Waals surface area (Å²) in [6.45, 7) is 4.30. The Kier molecular flexibility index (Phi) is 4.56. The Morgan fingerprint density at radius 3 is 2.65 bits per heavy atom. The van der Waals surface area contributed by atoms with Gasteiger partial charge < -0.3 is 9.64 Å². The van der Waals surface area contributed by atoms with Crippen molar-refractivity contribution in [2.24, 2.45) is 0 Å². The lowest BCUT2D eigenvalue weighted by molar-refractivity contribution is -0.129. The average Bonchev–Trinajstić information content (AvgIpc) is 2.76. The van der Waals surface area contributed by atoms with Crippen LogP contribution in [0.1, 0.15) is 32.6 Å². The Morgan fingerprint density at radius 1 is 1.35 bits per heavy atom. The first-order valence-corrected chi connectivity index (χ1v) is 7.83. The summed E-state index contributed by atoms with van der Waals surface area (Å²) in [6.07, 6.45) is 4.23. The number of hydrogen-bond acceptors (Lipinski definition) is 3. The maximum atomic E-state index is 12.1.